The molecule has 2 amide bonds. The Kier molecular flexibility index (Phi) is 8.74. The van der Waals surface area contributed by atoms with Crippen LogP contribution in [-0.4, -0.2) is 42.6 Å². The number of benzene rings is 2. The Balaban J connectivity index is 1.44. The van der Waals surface area contributed by atoms with E-state index in [1.807, 2.05) is 42.4 Å². The number of rotatable bonds is 10. The highest BCUT2D eigenvalue weighted by Gasteiger charge is 2.23. The van der Waals surface area contributed by atoms with Crippen molar-refractivity contribution in [2.45, 2.75) is 50.0 Å². The number of carbonyl (C=O) groups is 1. The van der Waals surface area contributed by atoms with E-state index in [1.165, 1.54) is 18.9 Å². The molecule has 1 unspecified atom stereocenters. The number of sulfonamides is 1. The number of aromatic nitrogens is 2. The Labute approximate surface area is 218 Å². The third-order valence-corrected chi connectivity index (χ3v) is 8.86. The van der Waals surface area contributed by atoms with E-state index >= 15 is 0 Å². The molecule has 1 saturated carbocycles. The summed E-state index contributed by atoms with van der Waals surface area (Å²) in [5.41, 5.74) is 3.49. The number of hydrogen-bond donors (Lipinski definition) is 2. The van der Waals surface area contributed by atoms with Gasteiger partial charge in [-0.25, -0.2) is 22.9 Å². The van der Waals surface area contributed by atoms with Gasteiger partial charge in [0.1, 0.15) is 0 Å². The molecule has 3 aromatic rings. The van der Waals surface area contributed by atoms with E-state index in [2.05, 4.69) is 39.0 Å². The van der Waals surface area contributed by atoms with Gasteiger partial charge in [-0.05, 0) is 42.2 Å². The second-order valence-corrected chi connectivity index (χ2v) is 12.0. The molecule has 7 nitrogen and oxygen atoms in total. The molecule has 0 saturated heterocycles. The van der Waals surface area contributed by atoms with Gasteiger partial charge in [-0.2, -0.15) is 11.8 Å². The fourth-order valence-electron chi connectivity index (χ4n) is 4.66. The van der Waals surface area contributed by atoms with Crippen molar-refractivity contribution in [2.24, 2.45) is 5.92 Å². The lowest BCUT2D eigenvalue weighted by molar-refractivity contribution is 0.244. The van der Waals surface area contributed by atoms with Gasteiger partial charge < -0.3 is 9.88 Å². The molecule has 0 bridgehead atoms. The van der Waals surface area contributed by atoms with E-state index < -0.39 is 16.1 Å². The van der Waals surface area contributed by atoms with Crippen LogP contribution in [0.1, 0.15) is 49.8 Å². The maximum absolute atomic E-state index is 13.1. The number of nitrogens with zero attached hydrogens (tertiary/aromatic N) is 2. The van der Waals surface area contributed by atoms with Gasteiger partial charge in [-0.1, -0.05) is 62.2 Å². The normalized spacial score (nSPS) is 15.1. The highest BCUT2D eigenvalue weighted by atomic mass is 32.2. The lowest BCUT2D eigenvalue weighted by Crippen LogP contribution is -2.41. The molecule has 0 aliphatic heterocycles. The first-order chi connectivity index (χ1) is 17.4. The van der Waals surface area contributed by atoms with Crippen LogP contribution in [0.3, 0.4) is 0 Å². The van der Waals surface area contributed by atoms with Crippen LogP contribution in [0.15, 0.2) is 66.0 Å². The Bertz CT molecular complexity index is 1270. The van der Waals surface area contributed by atoms with E-state index in [0.717, 1.165) is 35.4 Å². The zero-order valence-corrected chi connectivity index (χ0v) is 22.4. The van der Waals surface area contributed by atoms with Gasteiger partial charge in [0.05, 0.1) is 16.9 Å². The molecular weight excluding hydrogens is 492 g/mol. The summed E-state index contributed by atoms with van der Waals surface area (Å²) in [5, 5.41) is 2.72. The van der Waals surface area contributed by atoms with Crippen LogP contribution in [0.2, 0.25) is 0 Å². The summed E-state index contributed by atoms with van der Waals surface area (Å²) in [7, 11) is -4.03. The molecule has 1 aliphatic rings. The summed E-state index contributed by atoms with van der Waals surface area (Å²) in [5.74, 6) is 1.86. The fraction of sp³-hybridized carbons (Fsp3) is 0.407. The van der Waals surface area contributed by atoms with Crippen LogP contribution in [-0.2, 0) is 16.6 Å². The maximum Gasteiger partial charge on any atom is 0.328 e. The smallest absolute Gasteiger partial charge is 0.328 e. The predicted octanol–water partition coefficient (Wildman–Crippen LogP) is 5.24. The van der Waals surface area contributed by atoms with Gasteiger partial charge in [0, 0.05) is 36.5 Å². The van der Waals surface area contributed by atoms with Crippen molar-refractivity contribution in [3.63, 3.8) is 0 Å². The van der Waals surface area contributed by atoms with Crippen LogP contribution >= 0.6 is 11.8 Å². The number of carbonyl (C=O) groups excluding carboxylic acids is 1. The van der Waals surface area contributed by atoms with Crippen molar-refractivity contribution in [3.05, 3.63) is 72.3 Å². The molecule has 1 aliphatic carbocycles. The van der Waals surface area contributed by atoms with Crippen LogP contribution in [0.25, 0.3) is 11.1 Å². The van der Waals surface area contributed by atoms with E-state index in [1.54, 1.807) is 18.2 Å². The lowest BCUT2D eigenvalue weighted by atomic mass is 10.0. The highest BCUT2D eigenvalue weighted by Crippen LogP contribution is 2.28. The standard InChI is InChI=1S/C27H34N4O3S2/c1-20(18-35-2)25-17-31(19-29-25)16-22-11-13-23(14-12-22)24-9-5-6-10-26(24)36(33,34)30-27(32)28-15-21-7-3-4-8-21/h5-6,9-14,17,19-21H,3-4,7-8,15-16,18H2,1-2H3,(H2,28,30,32). The minimum absolute atomic E-state index is 0.0794. The summed E-state index contributed by atoms with van der Waals surface area (Å²) >= 11 is 1.81. The minimum atomic E-state index is -4.03. The molecular formula is C27H34N4O3S2. The summed E-state index contributed by atoms with van der Waals surface area (Å²) < 4.78 is 30.4. The molecule has 0 radical (unpaired) electrons. The number of thioether (sulfide) groups is 1. The Morgan fingerprint density at radius 1 is 1.14 bits per heavy atom. The van der Waals surface area contributed by atoms with Gasteiger partial charge in [0.2, 0.25) is 0 Å². The molecule has 2 aromatic carbocycles. The number of nitrogens with one attached hydrogen (secondary N) is 2. The molecule has 1 heterocycles. The van der Waals surface area contributed by atoms with Crippen molar-refractivity contribution in [1.29, 1.82) is 0 Å². The van der Waals surface area contributed by atoms with Gasteiger partial charge >= 0.3 is 6.03 Å². The zero-order chi connectivity index (χ0) is 25.5. The monoisotopic (exact) mass is 526 g/mol. The van der Waals surface area contributed by atoms with Gasteiger partial charge in [-0.3, -0.25) is 0 Å². The van der Waals surface area contributed by atoms with E-state index in [0.29, 0.717) is 30.5 Å². The molecule has 1 fully saturated rings. The van der Waals surface area contributed by atoms with Crippen molar-refractivity contribution in [1.82, 2.24) is 19.6 Å². The van der Waals surface area contributed by atoms with E-state index in [-0.39, 0.29) is 4.90 Å². The van der Waals surface area contributed by atoms with Gasteiger partial charge in [0.15, 0.2) is 0 Å². The number of urea groups is 1. The second-order valence-electron chi connectivity index (χ2n) is 9.49. The number of imidazole rings is 1. The summed E-state index contributed by atoms with van der Waals surface area (Å²) in [4.78, 5) is 16.9. The van der Waals surface area contributed by atoms with Crippen LogP contribution < -0.4 is 10.0 Å². The van der Waals surface area contributed by atoms with Crippen molar-refractivity contribution < 1.29 is 13.2 Å². The number of amides is 2. The predicted molar refractivity (Wildman–Crippen MR) is 146 cm³/mol. The first-order valence-corrected chi connectivity index (χ1v) is 15.2. The molecule has 0 spiro atoms. The fourth-order valence-corrected chi connectivity index (χ4v) is 6.49. The lowest BCUT2D eigenvalue weighted by Gasteiger charge is -2.14. The highest BCUT2D eigenvalue weighted by molar-refractivity contribution is 7.98. The molecule has 2 N–H and O–H groups in total. The summed E-state index contributed by atoms with van der Waals surface area (Å²) in [6.45, 7) is 3.36. The maximum atomic E-state index is 13.1. The SMILES string of the molecule is CSCC(C)c1cn(Cc2ccc(-c3ccccc3S(=O)(=O)NC(=O)NCC3CCCC3)cc2)cn1. The van der Waals surface area contributed by atoms with Crippen molar-refractivity contribution in [3.8, 4) is 11.1 Å². The molecule has 4 rings (SSSR count). The third-order valence-electron chi connectivity index (χ3n) is 6.63. The quantitative estimate of drug-likeness (QED) is 0.377. The molecule has 192 valence electrons. The summed E-state index contributed by atoms with van der Waals surface area (Å²) in [6, 6.07) is 13.9. The van der Waals surface area contributed by atoms with Crippen molar-refractivity contribution >= 4 is 27.8 Å². The topological polar surface area (TPSA) is 93.1 Å². The molecule has 1 atom stereocenters. The average Bonchev–Trinajstić information content (AvgIpc) is 3.56. The Hall–Kier alpha value is -2.78. The first kappa shape index (κ1) is 26.3. The van der Waals surface area contributed by atoms with Crippen LogP contribution in [0.5, 0.6) is 0 Å². The van der Waals surface area contributed by atoms with Crippen molar-refractivity contribution in [2.75, 3.05) is 18.6 Å². The Morgan fingerprint density at radius 3 is 2.58 bits per heavy atom. The third kappa shape index (κ3) is 6.70. The van der Waals surface area contributed by atoms with E-state index in [9.17, 15) is 13.2 Å². The molecule has 1 aromatic heterocycles. The van der Waals surface area contributed by atoms with Gasteiger partial charge in [0.25, 0.3) is 10.0 Å². The number of hydrogen-bond acceptors (Lipinski definition) is 5. The Morgan fingerprint density at radius 2 is 1.86 bits per heavy atom. The summed E-state index contributed by atoms with van der Waals surface area (Å²) in [6.07, 6.45) is 10.5. The molecule has 9 heteroatoms. The van der Waals surface area contributed by atoms with E-state index in [4.69, 9.17) is 0 Å². The average molecular weight is 527 g/mol. The van der Waals surface area contributed by atoms with Crippen LogP contribution in [0.4, 0.5) is 4.79 Å². The largest absolute Gasteiger partial charge is 0.337 e. The first-order valence-electron chi connectivity index (χ1n) is 12.4. The second kappa shape index (κ2) is 12.0. The van der Waals surface area contributed by atoms with Crippen LogP contribution in [0, 0.1) is 5.92 Å². The molecule has 36 heavy (non-hydrogen) atoms. The minimum Gasteiger partial charge on any atom is -0.337 e. The van der Waals surface area contributed by atoms with Gasteiger partial charge in [-0.15, -0.1) is 0 Å². The zero-order valence-electron chi connectivity index (χ0n) is 20.8.